The third-order valence-corrected chi connectivity index (χ3v) is 5.98. The van der Waals surface area contributed by atoms with Crippen molar-refractivity contribution in [2.75, 3.05) is 0 Å². The molecule has 0 radical (unpaired) electrons. The van der Waals surface area contributed by atoms with Gasteiger partial charge in [-0.3, -0.25) is 9.48 Å². The number of carboxylic acids is 1. The smallest absolute Gasteiger partial charge is 0.307 e. The Kier molecular flexibility index (Phi) is 8.13. The lowest BCUT2D eigenvalue weighted by Gasteiger charge is -2.09. The van der Waals surface area contributed by atoms with Gasteiger partial charge in [-0.25, -0.2) is 0 Å². The summed E-state index contributed by atoms with van der Waals surface area (Å²) in [7, 11) is 0. The molecule has 3 aromatic rings. The zero-order valence-electron chi connectivity index (χ0n) is 17.8. The van der Waals surface area contributed by atoms with Crippen LogP contribution < -0.4 is 5.32 Å². The fourth-order valence-electron chi connectivity index (χ4n) is 3.69. The summed E-state index contributed by atoms with van der Waals surface area (Å²) in [5.41, 5.74) is 6.14. The summed E-state index contributed by atoms with van der Waals surface area (Å²) in [4.78, 5) is 11.3. The molecule has 0 aliphatic carbocycles. The lowest BCUT2D eigenvalue weighted by atomic mass is 10.1. The van der Waals surface area contributed by atoms with Crippen molar-refractivity contribution in [3.8, 4) is 0 Å². The maximum absolute atomic E-state index is 11.3. The molecule has 0 aliphatic heterocycles. The van der Waals surface area contributed by atoms with Gasteiger partial charge in [-0.1, -0.05) is 67.4 Å². The molecule has 0 spiro atoms. The van der Waals surface area contributed by atoms with Crippen LogP contribution in [0.15, 0.2) is 42.5 Å². The van der Waals surface area contributed by atoms with Gasteiger partial charge in [0.2, 0.25) is 0 Å². The van der Waals surface area contributed by atoms with Crippen LogP contribution in [0, 0.1) is 0 Å². The number of aryl methyl sites for hydroxylation is 1. The maximum atomic E-state index is 11.3. The van der Waals surface area contributed by atoms with Gasteiger partial charge < -0.3 is 10.4 Å². The first-order valence-corrected chi connectivity index (χ1v) is 11.2. The number of rotatable bonds is 10. The molecule has 1 aromatic heterocycles. The Bertz CT molecular complexity index is 1050. The summed E-state index contributed by atoms with van der Waals surface area (Å²) in [6.07, 6.45) is 1.51. The third kappa shape index (κ3) is 6.10. The Balaban J connectivity index is 1.63. The zero-order valence-corrected chi connectivity index (χ0v) is 19.3. The van der Waals surface area contributed by atoms with Gasteiger partial charge in [-0.05, 0) is 41.7 Å². The summed E-state index contributed by atoms with van der Waals surface area (Å²) < 4.78 is 1.95. The van der Waals surface area contributed by atoms with Gasteiger partial charge in [0.25, 0.3) is 0 Å². The largest absolute Gasteiger partial charge is 0.481 e. The van der Waals surface area contributed by atoms with E-state index >= 15 is 0 Å². The number of hydrogen-bond donors (Lipinski definition) is 2. The van der Waals surface area contributed by atoms with Gasteiger partial charge in [0.1, 0.15) is 0 Å². The van der Waals surface area contributed by atoms with E-state index < -0.39 is 5.97 Å². The summed E-state index contributed by atoms with van der Waals surface area (Å²) in [6.45, 7) is 6.13. The van der Waals surface area contributed by atoms with E-state index in [1.54, 1.807) is 6.07 Å². The van der Waals surface area contributed by atoms with Crippen molar-refractivity contribution >= 4 is 29.2 Å². The number of carboxylic acid groups (broad SMARTS) is 1. The minimum absolute atomic E-state index is 0.0236. The highest BCUT2D eigenvalue weighted by Crippen LogP contribution is 2.22. The molecule has 2 N–H and O–H groups in total. The molecule has 0 saturated carbocycles. The Morgan fingerprint density at radius 3 is 2.23 bits per heavy atom. The van der Waals surface area contributed by atoms with Crippen LogP contribution in [0.1, 0.15) is 47.5 Å². The second-order valence-electron chi connectivity index (χ2n) is 7.48. The maximum Gasteiger partial charge on any atom is 0.307 e. The van der Waals surface area contributed by atoms with E-state index in [-0.39, 0.29) is 6.42 Å². The number of nitrogens with one attached hydrogen (secondary N) is 1. The van der Waals surface area contributed by atoms with Crippen LogP contribution in [0.4, 0.5) is 0 Å². The lowest BCUT2D eigenvalue weighted by Crippen LogP contribution is -2.13. The van der Waals surface area contributed by atoms with E-state index in [0.29, 0.717) is 23.1 Å². The van der Waals surface area contributed by atoms with Crippen molar-refractivity contribution in [2.45, 2.75) is 52.7 Å². The van der Waals surface area contributed by atoms with Gasteiger partial charge in [0.15, 0.2) is 0 Å². The quantitative estimate of drug-likeness (QED) is 0.432. The van der Waals surface area contributed by atoms with E-state index in [9.17, 15) is 9.90 Å². The summed E-state index contributed by atoms with van der Waals surface area (Å²) in [6, 6.07) is 14.0. The van der Waals surface area contributed by atoms with E-state index in [4.69, 9.17) is 23.2 Å². The first-order valence-electron chi connectivity index (χ1n) is 10.4. The Labute approximate surface area is 193 Å². The summed E-state index contributed by atoms with van der Waals surface area (Å²) >= 11 is 12.0. The minimum Gasteiger partial charge on any atom is -0.481 e. The zero-order chi connectivity index (χ0) is 22.4. The van der Waals surface area contributed by atoms with Gasteiger partial charge in [0, 0.05) is 24.3 Å². The van der Waals surface area contributed by atoms with Gasteiger partial charge >= 0.3 is 5.97 Å². The van der Waals surface area contributed by atoms with Crippen LogP contribution in [0.3, 0.4) is 0 Å². The second-order valence-corrected chi connectivity index (χ2v) is 8.29. The molecule has 0 bridgehead atoms. The van der Waals surface area contributed by atoms with Gasteiger partial charge in [-0.15, -0.1) is 0 Å². The fourth-order valence-corrected chi connectivity index (χ4v) is 4.01. The minimum atomic E-state index is -0.818. The van der Waals surface area contributed by atoms with Gasteiger partial charge in [0.05, 0.1) is 28.7 Å². The van der Waals surface area contributed by atoms with Crippen molar-refractivity contribution < 1.29 is 9.90 Å². The van der Waals surface area contributed by atoms with Crippen molar-refractivity contribution in [1.29, 1.82) is 0 Å². The average Bonchev–Trinajstić information content (AvgIpc) is 3.07. The Morgan fingerprint density at radius 1 is 0.968 bits per heavy atom. The predicted molar refractivity (Wildman–Crippen MR) is 125 cm³/mol. The van der Waals surface area contributed by atoms with E-state index in [1.807, 2.05) is 30.7 Å². The molecular weight excluding hydrogens is 433 g/mol. The molecule has 0 fully saturated rings. The number of nitrogens with zero attached hydrogens (tertiary/aromatic N) is 2. The number of benzene rings is 2. The number of carbonyl (C=O) groups is 1. The SMILES string of the molecule is CCc1nn(Cc2ccc(CNCc3ccc(Cl)c(Cl)c3)cc2)c(CC)c1CC(=O)O. The number of aromatic nitrogens is 2. The van der Waals surface area contributed by atoms with Crippen LogP contribution in [-0.4, -0.2) is 20.9 Å². The van der Waals surface area contributed by atoms with Crippen molar-refractivity contribution in [3.05, 3.63) is 86.2 Å². The van der Waals surface area contributed by atoms with Crippen molar-refractivity contribution in [3.63, 3.8) is 0 Å². The monoisotopic (exact) mass is 459 g/mol. The first-order chi connectivity index (χ1) is 14.9. The molecule has 3 rings (SSSR count). The molecule has 164 valence electrons. The molecule has 0 saturated heterocycles. The molecule has 31 heavy (non-hydrogen) atoms. The highest BCUT2D eigenvalue weighted by molar-refractivity contribution is 6.42. The van der Waals surface area contributed by atoms with Crippen LogP contribution in [0.25, 0.3) is 0 Å². The summed E-state index contributed by atoms with van der Waals surface area (Å²) in [5, 5.41) is 18.5. The highest BCUT2D eigenvalue weighted by Gasteiger charge is 2.18. The molecule has 0 atom stereocenters. The van der Waals surface area contributed by atoms with Crippen LogP contribution in [0.2, 0.25) is 10.0 Å². The molecular formula is C24H27Cl2N3O2. The van der Waals surface area contributed by atoms with Crippen molar-refractivity contribution in [2.24, 2.45) is 0 Å². The highest BCUT2D eigenvalue weighted by atomic mass is 35.5. The average molecular weight is 460 g/mol. The third-order valence-electron chi connectivity index (χ3n) is 5.25. The number of halogens is 2. The van der Waals surface area contributed by atoms with Crippen LogP contribution >= 0.6 is 23.2 Å². The molecule has 5 nitrogen and oxygen atoms in total. The number of aliphatic carboxylic acids is 1. The summed E-state index contributed by atoms with van der Waals surface area (Å²) in [5.74, 6) is -0.818. The second kappa shape index (κ2) is 10.8. The van der Waals surface area contributed by atoms with Crippen molar-refractivity contribution in [1.82, 2.24) is 15.1 Å². The van der Waals surface area contributed by atoms with E-state index in [2.05, 4.69) is 34.7 Å². The first kappa shape index (κ1) is 23.3. The fraction of sp³-hybridized carbons (Fsp3) is 0.333. The van der Waals surface area contributed by atoms with E-state index in [1.165, 1.54) is 5.56 Å². The molecule has 0 unspecified atom stereocenters. The van der Waals surface area contributed by atoms with Crippen LogP contribution in [-0.2, 0) is 43.7 Å². The van der Waals surface area contributed by atoms with E-state index in [0.717, 1.165) is 47.5 Å². The molecule has 1 heterocycles. The molecule has 7 heteroatoms. The van der Waals surface area contributed by atoms with Crippen LogP contribution in [0.5, 0.6) is 0 Å². The van der Waals surface area contributed by atoms with Gasteiger partial charge in [-0.2, -0.15) is 5.10 Å². The predicted octanol–water partition coefficient (Wildman–Crippen LogP) is 5.28. The normalized spacial score (nSPS) is 11.1. The Hall–Kier alpha value is -2.34. The molecule has 0 amide bonds. The topological polar surface area (TPSA) is 67.2 Å². The standard InChI is InChI=1S/C24H27Cl2N3O2/c1-3-22-19(12-24(30)31)23(4-2)29(28-22)15-17-7-5-16(6-8-17)13-27-14-18-9-10-20(25)21(26)11-18/h5-11,27H,3-4,12-15H2,1-2H3,(H,30,31). The molecule has 0 aliphatic rings. The lowest BCUT2D eigenvalue weighted by molar-refractivity contribution is -0.136. The number of hydrogen-bond acceptors (Lipinski definition) is 3. The Morgan fingerprint density at radius 2 is 1.61 bits per heavy atom. The molecule has 2 aromatic carbocycles.